The highest BCUT2D eigenvalue weighted by Crippen LogP contribution is 2.38. The van der Waals surface area contributed by atoms with Crippen molar-refractivity contribution in [3.63, 3.8) is 0 Å². The van der Waals surface area contributed by atoms with Gasteiger partial charge in [0.25, 0.3) is 5.91 Å². The molecule has 0 unspecified atom stereocenters. The van der Waals surface area contributed by atoms with Crippen molar-refractivity contribution in [2.45, 2.75) is 0 Å². The summed E-state index contributed by atoms with van der Waals surface area (Å²) in [5, 5.41) is 11.1. The number of rotatable bonds is 4. The van der Waals surface area contributed by atoms with Gasteiger partial charge in [-0.25, -0.2) is 4.98 Å². The van der Waals surface area contributed by atoms with Gasteiger partial charge >= 0.3 is 0 Å². The molecule has 0 spiro atoms. The first-order chi connectivity index (χ1) is 14.3. The van der Waals surface area contributed by atoms with E-state index < -0.39 is 0 Å². The monoisotopic (exact) mass is 412 g/mol. The number of thiazole rings is 1. The van der Waals surface area contributed by atoms with Gasteiger partial charge in [0.05, 0.1) is 0 Å². The Morgan fingerprint density at radius 3 is 2.24 bits per heavy atom. The van der Waals surface area contributed by atoms with Crippen LogP contribution in [0.25, 0.3) is 32.6 Å². The zero-order chi connectivity index (χ0) is 19.6. The van der Waals surface area contributed by atoms with Crippen LogP contribution in [0.1, 0.15) is 10.4 Å². The van der Waals surface area contributed by atoms with Crippen LogP contribution in [0.2, 0.25) is 0 Å². The van der Waals surface area contributed by atoms with Gasteiger partial charge in [-0.1, -0.05) is 78.1 Å². The Labute approximate surface area is 176 Å². The molecular weight excluding hydrogens is 396 g/mol. The Morgan fingerprint density at radius 2 is 1.48 bits per heavy atom. The Hall–Kier alpha value is -3.28. The number of hydrogen-bond donors (Lipinski definition) is 1. The van der Waals surface area contributed by atoms with Gasteiger partial charge in [0, 0.05) is 16.7 Å². The van der Waals surface area contributed by atoms with Gasteiger partial charge in [-0.2, -0.15) is 11.3 Å². The Bertz CT molecular complexity index is 1290. The second-order valence-electron chi connectivity index (χ2n) is 6.60. The first kappa shape index (κ1) is 17.8. The maximum absolute atomic E-state index is 13.0. The first-order valence-electron chi connectivity index (χ1n) is 9.17. The molecule has 0 aliphatic rings. The van der Waals surface area contributed by atoms with Crippen LogP contribution in [-0.4, -0.2) is 10.9 Å². The fourth-order valence-corrected chi connectivity index (χ4v) is 4.95. The molecule has 5 rings (SSSR count). The van der Waals surface area contributed by atoms with Crippen LogP contribution in [-0.2, 0) is 0 Å². The number of anilines is 1. The van der Waals surface area contributed by atoms with E-state index in [2.05, 4.69) is 16.1 Å². The van der Waals surface area contributed by atoms with E-state index in [1.807, 2.05) is 78.9 Å². The minimum absolute atomic E-state index is 0.126. The zero-order valence-corrected chi connectivity index (χ0v) is 17.0. The maximum atomic E-state index is 13.0. The van der Waals surface area contributed by atoms with E-state index in [0.717, 1.165) is 37.6 Å². The lowest BCUT2D eigenvalue weighted by Gasteiger charge is -2.06. The molecule has 0 radical (unpaired) electrons. The topological polar surface area (TPSA) is 42.0 Å². The summed E-state index contributed by atoms with van der Waals surface area (Å²) < 4.78 is 0. The number of nitrogens with zero attached hydrogens (tertiary/aromatic N) is 1. The number of carbonyl (C=O) groups is 1. The van der Waals surface area contributed by atoms with Crippen molar-refractivity contribution in [2.75, 3.05) is 5.32 Å². The predicted molar refractivity (Wildman–Crippen MR) is 123 cm³/mol. The van der Waals surface area contributed by atoms with Gasteiger partial charge in [0.2, 0.25) is 0 Å². The number of nitrogens with one attached hydrogen (secondary N) is 1. The van der Waals surface area contributed by atoms with Crippen molar-refractivity contribution in [1.29, 1.82) is 0 Å². The van der Waals surface area contributed by atoms with Crippen LogP contribution in [0.5, 0.6) is 0 Å². The van der Waals surface area contributed by atoms with Crippen LogP contribution >= 0.6 is 22.7 Å². The van der Waals surface area contributed by atoms with Gasteiger partial charge in [-0.15, -0.1) is 0 Å². The van der Waals surface area contributed by atoms with Crippen LogP contribution in [0.15, 0.2) is 89.6 Å². The minimum atomic E-state index is -0.126. The highest BCUT2D eigenvalue weighted by molar-refractivity contribution is 7.19. The fraction of sp³-hybridized carbons (Fsp3) is 0. The first-order valence-corrected chi connectivity index (χ1v) is 10.9. The van der Waals surface area contributed by atoms with Crippen molar-refractivity contribution in [2.24, 2.45) is 0 Å². The van der Waals surface area contributed by atoms with Crippen molar-refractivity contribution >= 4 is 44.4 Å². The molecule has 3 nitrogen and oxygen atoms in total. The molecule has 29 heavy (non-hydrogen) atoms. The third kappa shape index (κ3) is 3.58. The van der Waals surface area contributed by atoms with Gasteiger partial charge in [-0.3, -0.25) is 4.79 Å². The van der Waals surface area contributed by atoms with Crippen molar-refractivity contribution < 1.29 is 4.79 Å². The van der Waals surface area contributed by atoms with E-state index in [1.165, 1.54) is 11.3 Å². The lowest BCUT2D eigenvalue weighted by Crippen LogP contribution is -2.11. The van der Waals surface area contributed by atoms with Crippen LogP contribution < -0.4 is 5.32 Å². The SMILES string of the molecule is O=C(Nc1sc(-c2ccccc2)nc1-c1ccccc1)c1ccc2cscc2c1. The van der Waals surface area contributed by atoms with E-state index in [0.29, 0.717) is 5.56 Å². The van der Waals surface area contributed by atoms with E-state index in [4.69, 9.17) is 4.98 Å². The Kier molecular flexibility index (Phi) is 4.68. The third-order valence-corrected chi connectivity index (χ3v) is 6.46. The molecule has 2 heterocycles. The number of fused-ring (bicyclic) bond motifs is 1. The molecule has 0 saturated carbocycles. The number of aromatic nitrogens is 1. The van der Waals surface area contributed by atoms with Crippen molar-refractivity contribution in [3.8, 4) is 21.8 Å². The van der Waals surface area contributed by atoms with Crippen molar-refractivity contribution in [1.82, 2.24) is 4.98 Å². The molecule has 0 bridgehead atoms. The summed E-state index contributed by atoms with van der Waals surface area (Å²) >= 11 is 3.13. The third-order valence-electron chi connectivity index (χ3n) is 4.66. The quantitative estimate of drug-likeness (QED) is 0.347. The van der Waals surface area contributed by atoms with E-state index in [1.54, 1.807) is 11.3 Å². The number of amides is 1. The number of hydrogen-bond acceptors (Lipinski definition) is 4. The molecule has 1 N–H and O–H groups in total. The second-order valence-corrected chi connectivity index (χ2v) is 8.34. The summed E-state index contributed by atoms with van der Waals surface area (Å²) in [6.45, 7) is 0. The van der Waals surface area contributed by atoms with Gasteiger partial charge in [0.1, 0.15) is 15.7 Å². The predicted octanol–water partition coefficient (Wildman–Crippen LogP) is 6.94. The van der Waals surface area contributed by atoms with Gasteiger partial charge in [0.15, 0.2) is 0 Å². The maximum Gasteiger partial charge on any atom is 0.256 e. The molecule has 0 aliphatic heterocycles. The molecular formula is C24H16N2OS2. The van der Waals surface area contributed by atoms with Crippen LogP contribution in [0, 0.1) is 0 Å². The number of benzene rings is 3. The molecule has 0 fully saturated rings. The standard InChI is InChI=1S/C24H16N2OS2/c27-22(18-11-12-19-14-28-15-20(19)13-18)26-24-21(16-7-3-1-4-8-16)25-23(29-24)17-9-5-2-6-10-17/h1-15H,(H,26,27). The average Bonchev–Trinajstić information content (AvgIpc) is 3.41. The normalized spacial score (nSPS) is 10.9. The molecule has 3 aromatic carbocycles. The molecule has 1 amide bonds. The fourth-order valence-electron chi connectivity index (χ4n) is 3.18. The van der Waals surface area contributed by atoms with Crippen molar-refractivity contribution in [3.05, 3.63) is 95.2 Å². The van der Waals surface area contributed by atoms with Gasteiger partial charge < -0.3 is 5.32 Å². The minimum Gasteiger partial charge on any atom is -0.312 e. The molecule has 0 saturated heterocycles. The van der Waals surface area contributed by atoms with E-state index in [-0.39, 0.29) is 5.91 Å². The highest BCUT2D eigenvalue weighted by Gasteiger charge is 2.17. The summed E-state index contributed by atoms with van der Waals surface area (Å²) in [6, 6.07) is 25.8. The zero-order valence-electron chi connectivity index (χ0n) is 15.3. The molecule has 5 aromatic rings. The summed E-state index contributed by atoms with van der Waals surface area (Å²) in [6.07, 6.45) is 0. The lowest BCUT2D eigenvalue weighted by molar-refractivity contribution is 0.102. The molecule has 2 aromatic heterocycles. The summed E-state index contributed by atoms with van der Waals surface area (Å²) in [7, 11) is 0. The van der Waals surface area contributed by atoms with Gasteiger partial charge in [-0.05, 0) is 33.7 Å². The second kappa shape index (κ2) is 7.62. The van der Waals surface area contributed by atoms with E-state index >= 15 is 0 Å². The average molecular weight is 413 g/mol. The molecule has 5 heteroatoms. The summed E-state index contributed by atoms with van der Waals surface area (Å²) in [4.78, 5) is 17.8. The lowest BCUT2D eigenvalue weighted by atomic mass is 10.1. The largest absolute Gasteiger partial charge is 0.312 e. The number of thiophene rings is 1. The smallest absolute Gasteiger partial charge is 0.256 e. The van der Waals surface area contributed by atoms with E-state index in [9.17, 15) is 4.79 Å². The molecule has 0 aliphatic carbocycles. The Morgan fingerprint density at radius 1 is 0.793 bits per heavy atom. The number of carbonyl (C=O) groups excluding carboxylic acids is 1. The Balaban J connectivity index is 1.54. The molecule has 140 valence electrons. The highest BCUT2D eigenvalue weighted by atomic mass is 32.1. The summed E-state index contributed by atoms with van der Waals surface area (Å²) in [5.74, 6) is -0.126. The van der Waals surface area contributed by atoms with Crippen LogP contribution in [0.3, 0.4) is 0 Å². The molecule has 0 atom stereocenters. The van der Waals surface area contributed by atoms with Crippen LogP contribution in [0.4, 0.5) is 5.00 Å². The summed E-state index contributed by atoms with van der Waals surface area (Å²) in [5.41, 5.74) is 3.45.